The number of piperidine rings is 1. The SMILES string of the molecule is CCOc1ccc(S(=O)(=O)N2CCC[C@H](C(=O)NC3CCCCCC3)C2)cc1C. The molecule has 6 nitrogen and oxygen atoms in total. The first-order valence-electron chi connectivity index (χ1n) is 11.0. The molecule has 1 aliphatic carbocycles. The maximum Gasteiger partial charge on any atom is 0.243 e. The number of ether oxygens (including phenoxy) is 1. The van der Waals surface area contributed by atoms with Crippen LogP contribution in [0.2, 0.25) is 0 Å². The second kappa shape index (κ2) is 9.94. The van der Waals surface area contributed by atoms with Crippen LogP contribution in [0.15, 0.2) is 23.1 Å². The van der Waals surface area contributed by atoms with E-state index >= 15 is 0 Å². The molecule has 1 aromatic carbocycles. The van der Waals surface area contributed by atoms with Gasteiger partial charge < -0.3 is 10.1 Å². The van der Waals surface area contributed by atoms with E-state index < -0.39 is 10.0 Å². The van der Waals surface area contributed by atoms with E-state index in [0.717, 1.165) is 37.7 Å². The van der Waals surface area contributed by atoms with Gasteiger partial charge in [-0.1, -0.05) is 25.7 Å². The second-order valence-electron chi connectivity index (χ2n) is 8.26. The summed E-state index contributed by atoms with van der Waals surface area (Å²) in [5.41, 5.74) is 0.799. The second-order valence-corrected chi connectivity index (χ2v) is 10.2. The molecule has 0 aromatic heterocycles. The van der Waals surface area contributed by atoms with Gasteiger partial charge in [0.2, 0.25) is 15.9 Å². The molecule has 162 valence electrons. The molecule has 2 fully saturated rings. The van der Waals surface area contributed by atoms with Crippen LogP contribution < -0.4 is 10.1 Å². The number of aryl methyl sites for hydroxylation is 1. The van der Waals surface area contributed by atoms with Gasteiger partial charge in [-0.2, -0.15) is 4.31 Å². The van der Waals surface area contributed by atoms with Gasteiger partial charge >= 0.3 is 0 Å². The fourth-order valence-electron chi connectivity index (χ4n) is 4.37. The molecule has 1 aliphatic heterocycles. The van der Waals surface area contributed by atoms with Crippen LogP contribution in [0.25, 0.3) is 0 Å². The van der Waals surface area contributed by atoms with Crippen LogP contribution in [0, 0.1) is 12.8 Å². The standard InChI is InChI=1S/C22H34N2O4S/c1-3-28-21-13-12-20(15-17(21)2)29(26,27)24-14-8-9-18(16-24)22(25)23-19-10-6-4-5-7-11-19/h12-13,15,18-19H,3-11,14,16H2,1-2H3,(H,23,25)/t18-/m0/s1. The van der Waals surface area contributed by atoms with Crippen molar-refractivity contribution >= 4 is 15.9 Å². The third-order valence-corrected chi connectivity index (χ3v) is 7.90. The highest BCUT2D eigenvalue weighted by Crippen LogP contribution is 2.28. The van der Waals surface area contributed by atoms with Gasteiger partial charge in [0.25, 0.3) is 0 Å². The highest BCUT2D eigenvalue weighted by Gasteiger charge is 2.34. The van der Waals surface area contributed by atoms with Crippen LogP contribution in [-0.2, 0) is 14.8 Å². The zero-order valence-electron chi connectivity index (χ0n) is 17.7. The highest BCUT2D eigenvalue weighted by atomic mass is 32.2. The molecule has 1 saturated carbocycles. The Hall–Kier alpha value is -1.60. The van der Waals surface area contributed by atoms with Crippen molar-refractivity contribution in [2.75, 3.05) is 19.7 Å². The number of hydrogen-bond acceptors (Lipinski definition) is 4. The highest BCUT2D eigenvalue weighted by molar-refractivity contribution is 7.89. The number of carbonyl (C=O) groups is 1. The Bertz CT molecular complexity index is 801. The fraction of sp³-hybridized carbons (Fsp3) is 0.682. The maximum absolute atomic E-state index is 13.2. The summed E-state index contributed by atoms with van der Waals surface area (Å²) in [7, 11) is -3.62. The van der Waals surface area contributed by atoms with E-state index in [1.165, 1.54) is 17.1 Å². The van der Waals surface area contributed by atoms with Crippen molar-refractivity contribution in [1.82, 2.24) is 9.62 Å². The van der Waals surface area contributed by atoms with E-state index in [9.17, 15) is 13.2 Å². The van der Waals surface area contributed by atoms with E-state index in [2.05, 4.69) is 5.32 Å². The van der Waals surface area contributed by atoms with Crippen LogP contribution in [0.1, 0.15) is 63.9 Å². The van der Waals surface area contributed by atoms with Crippen molar-refractivity contribution in [3.8, 4) is 5.75 Å². The first-order valence-corrected chi connectivity index (χ1v) is 12.4. The van der Waals surface area contributed by atoms with Gasteiger partial charge in [0.1, 0.15) is 5.75 Å². The number of amides is 1. The molecule has 1 amide bonds. The molecular weight excluding hydrogens is 388 g/mol. The number of nitrogens with one attached hydrogen (secondary N) is 1. The van der Waals surface area contributed by atoms with Crippen molar-refractivity contribution in [3.05, 3.63) is 23.8 Å². The Morgan fingerprint density at radius 2 is 1.86 bits per heavy atom. The summed E-state index contributed by atoms with van der Waals surface area (Å²) in [6.45, 7) is 5.01. The predicted octanol–water partition coefficient (Wildman–Crippen LogP) is 3.63. The van der Waals surface area contributed by atoms with Gasteiger partial charge in [-0.15, -0.1) is 0 Å². The zero-order chi connectivity index (χ0) is 20.9. The topological polar surface area (TPSA) is 75.7 Å². The van der Waals surface area contributed by atoms with Crippen molar-refractivity contribution in [2.45, 2.75) is 76.2 Å². The summed E-state index contributed by atoms with van der Waals surface area (Å²) in [6.07, 6.45) is 8.32. The van der Waals surface area contributed by atoms with Gasteiger partial charge in [-0.3, -0.25) is 4.79 Å². The first-order chi connectivity index (χ1) is 13.9. The van der Waals surface area contributed by atoms with E-state index in [-0.39, 0.29) is 29.3 Å². The lowest BCUT2D eigenvalue weighted by molar-refractivity contribution is -0.126. The average molecular weight is 423 g/mol. The van der Waals surface area contributed by atoms with E-state index in [1.54, 1.807) is 18.2 Å². The van der Waals surface area contributed by atoms with Crippen molar-refractivity contribution in [3.63, 3.8) is 0 Å². The molecule has 1 atom stereocenters. The number of nitrogens with zero attached hydrogens (tertiary/aromatic N) is 1. The molecule has 2 aliphatic rings. The lowest BCUT2D eigenvalue weighted by atomic mass is 9.97. The third-order valence-electron chi connectivity index (χ3n) is 6.04. The Morgan fingerprint density at radius 3 is 2.52 bits per heavy atom. The number of rotatable bonds is 6. The molecule has 0 bridgehead atoms. The van der Waals surface area contributed by atoms with E-state index in [1.807, 2.05) is 13.8 Å². The number of sulfonamides is 1. The molecular formula is C22H34N2O4S. The number of hydrogen-bond donors (Lipinski definition) is 1. The van der Waals surface area contributed by atoms with E-state index in [4.69, 9.17) is 4.74 Å². The van der Waals surface area contributed by atoms with Crippen LogP contribution in [0.3, 0.4) is 0 Å². The molecule has 1 N–H and O–H groups in total. The molecule has 29 heavy (non-hydrogen) atoms. The quantitative estimate of drug-likeness (QED) is 0.710. The Morgan fingerprint density at radius 1 is 1.14 bits per heavy atom. The number of carbonyl (C=O) groups excluding carboxylic acids is 1. The average Bonchev–Trinajstić information content (AvgIpc) is 2.98. The normalized spacial score (nSPS) is 22.1. The lowest BCUT2D eigenvalue weighted by Crippen LogP contribution is -2.47. The third kappa shape index (κ3) is 5.51. The van der Waals surface area contributed by atoms with Gasteiger partial charge in [0, 0.05) is 19.1 Å². The summed E-state index contributed by atoms with van der Waals surface area (Å²) in [6, 6.07) is 5.22. The predicted molar refractivity (Wildman–Crippen MR) is 113 cm³/mol. The minimum Gasteiger partial charge on any atom is -0.494 e. The number of benzene rings is 1. The van der Waals surface area contributed by atoms with Crippen LogP contribution in [0.4, 0.5) is 0 Å². The molecule has 1 aromatic rings. The summed E-state index contributed by atoms with van der Waals surface area (Å²) in [5.74, 6) is 0.441. The summed E-state index contributed by atoms with van der Waals surface area (Å²) in [4.78, 5) is 13.1. The summed E-state index contributed by atoms with van der Waals surface area (Å²) in [5, 5.41) is 3.19. The fourth-order valence-corrected chi connectivity index (χ4v) is 5.98. The smallest absolute Gasteiger partial charge is 0.243 e. The van der Waals surface area contributed by atoms with Crippen molar-refractivity contribution < 1.29 is 17.9 Å². The summed E-state index contributed by atoms with van der Waals surface area (Å²) < 4.78 is 33.3. The molecule has 0 spiro atoms. The Kier molecular flexibility index (Phi) is 7.57. The van der Waals surface area contributed by atoms with Crippen LogP contribution in [-0.4, -0.2) is 44.4 Å². The monoisotopic (exact) mass is 422 g/mol. The Balaban J connectivity index is 1.67. The van der Waals surface area contributed by atoms with Crippen LogP contribution in [0.5, 0.6) is 5.75 Å². The van der Waals surface area contributed by atoms with Crippen molar-refractivity contribution in [1.29, 1.82) is 0 Å². The molecule has 7 heteroatoms. The van der Waals surface area contributed by atoms with Gasteiger partial charge in [-0.25, -0.2) is 8.42 Å². The van der Waals surface area contributed by atoms with Gasteiger partial charge in [-0.05, 0) is 63.3 Å². The van der Waals surface area contributed by atoms with Gasteiger partial charge in [0.05, 0.1) is 17.4 Å². The molecule has 0 radical (unpaired) electrons. The largest absolute Gasteiger partial charge is 0.494 e. The van der Waals surface area contributed by atoms with E-state index in [0.29, 0.717) is 25.3 Å². The minimum atomic E-state index is -3.62. The minimum absolute atomic E-state index is 0.0136. The summed E-state index contributed by atoms with van der Waals surface area (Å²) >= 11 is 0. The molecule has 3 rings (SSSR count). The van der Waals surface area contributed by atoms with Gasteiger partial charge in [0.15, 0.2) is 0 Å². The van der Waals surface area contributed by atoms with Crippen molar-refractivity contribution in [2.24, 2.45) is 5.92 Å². The van der Waals surface area contributed by atoms with Crippen LogP contribution >= 0.6 is 0 Å². The maximum atomic E-state index is 13.2. The first kappa shape index (κ1) is 22.1. The Labute approximate surface area is 175 Å². The lowest BCUT2D eigenvalue weighted by Gasteiger charge is -2.32. The molecule has 1 saturated heterocycles. The molecule has 0 unspecified atom stereocenters. The zero-order valence-corrected chi connectivity index (χ0v) is 18.5. The molecule has 1 heterocycles.